The first kappa shape index (κ1) is 19.0. The molecule has 0 aliphatic rings. The van der Waals surface area contributed by atoms with Gasteiger partial charge in [0.15, 0.2) is 5.82 Å². The molecular weight excluding hydrogens is 405 g/mol. The van der Waals surface area contributed by atoms with Crippen molar-refractivity contribution < 1.29 is 17.6 Å². The molecular formula is C23H15F3N4O. The van der Waals surface area contributed by atoms with Gasteiger partial charge in [-0.1, -0.05) is 30.3 Å². The molecule has 5 rings (SSSR count). The van der Waals surface area contributed by atoms with Crippen LogP contribution in [0.2, 0.25) is 0 Å². The molecule has 5 aromatic rings. The number of halogens is 3. The van der Waals surface area contributed by atoms with E-state index in [1.165, 1.54) is 30.5 Å². The summed E-state index contributed by atoms with van der Waals surface area (Å²) in [6, 6.07) is 17.1. The average Bonchev–Trinajstić information content (AvgIpc) is 3.38. The normalized spacial score (nSPS) is 11.5. The predicted molar refractivity (Wildman–Crippen MR) is 110 cm³/mol. The highest BCUT2D eigenvalue weighted by Crippen LogP contribution is 2.32. The number of furan rings is 1. The summed E-state index contributed by atoms with van der Waals surface area (Å²) < 4.78 is 46.3. The van der Waals surface area contributed by atoms with Crippen molar-refractivity contribution in [2.45, 2.75) is 13.0 Å². The van der Waals surface area contributed by atoms with Crippen molar-refractivity contribution in [3.8, 4) is 34.0 Å². The molecule has 3 heterocycles. The first-order chi connectivity index (χ1) is 15.1. The van der Waals surface area contributed by atoms with Crippen molar-refractivity contribution in [2.75, 3.05) is 0 Å². The van der Waals surface area contributed by atoms with E-state index in [9.17, 15) is 13.2 Å². The number of hydrogen-bond acceptors (Lipinski definition) is 4. The van der Waals surface area contributed by atoms with Gasteiger partial charge in [-0.25, -0.2) is 18.2 Å². The van der Waals surface area contributed by atoms with Crippen molar-refractivity contribution in [1.82, 2.24) is 19.7 Å². The summed E-state index contributed by atoms with van der Waals surface area (Å²) in [5.74, 6) is 0.523. The van der Waals surface area contributed by atoms with Gasteiger partial charge in [0.25, 0.3) is 6.43 Å². The van der Waals surface area contributed by atoms with Crippen LogP contribution in [-0.4, -0.2) is 26.2 Å². The molecule has 2 aromatic carbocycles. The Kier molecular flexibility index (Phi) is 4.74. The second-order valence-electron chi connectivity index (χ2n) is 6.94. The van der Waals surface area contributed by atoms with Gasteiger partial charge in [0.1, 0.15) is 23.8 Å². The highest BCUT2D eigenvalue weighted by molar-refractivity contribution is 5.83. The van der Waals surface area contributed by atoms with Crippen LogP contribution < -0.4 is 0 Å². The summed E-state index contributed by atoms with van der Waals surface area (Å²) in [4.78, 5) is 8.89. The minimum absolute atomic E-state index is 0.279. The molecule has 0 amide bonds. The van der Waals surface area contributed by atoms with E-state index in [-0.39, 0.29) is 5.82 Å². The topological polar surface area (TPSA) is 56.7 Å². The van der Waals surface area contributed by atoms with Gasteiger partial charge in [-0.3, -0.25) is 4.68 Å². The summed E-state index contributed by atoms with van der Waals surface area (Å²) in [5.41, 5.74) is 2.67. The average molecular weight is 420 g/mol. The third kappa shape index (κ3) is 3.79. The molecule has 8 heteroatoms. The molecule has 5 nitrogen and oxygen atoms in total. The summed E-state index contributed by atoms with van der Waals surface area (Å²) >= 11 is 0. The van der Waals surface area contributed by atoms with Crippen LogP contribution in [0.5, 0.6) is 0 Å². The van der Waals surface area contributed by atoms with E-state index in [1.807, 2.05) is 36.4 Å². The standard InChI is InChI=1S/C23H15F3N4O/c24-17-8-6-15(7-9-17)21-18(12-30(29-21)13-20(25)26)22-27-11-16-10-19(31-23(16)28-22)14-4-2-1-3-5-14/h1-12,20H,13H2. The van der Waals surface area contributed by atoms with Crippen LogP contribution in [-0.2, 0) is 6.54 Å². The number of fused-ring (bicyclic) bond motifs is 1. The Morgan fingerprint density at radius 1 is 0.968 bits per heavy atom. The second-order valence-corrected chi connectivity index (χ2v) is 6.94. The Balaban J connectivity index is 1.61. The zero-order valence-corrected chi connectivity index (χ0v) is 16.0. The van der Waals surface area contributed by atoms with Crippen LogP contribution in [0.25, 0.3) is 45.1 Å². The highest BCUT2D eigenvalue weighted by atomic mass is 19.3. The van der Waals surface area contributed by atoms with Crippen LogP contribution in [0.4, 0.5) is 13.2 Å². The number of nitrogens with zero attached hydrogens (tertiary/aromatic N) is 4. The van der Waals surface area contributed by atoms with Gasteiger partial charge in [0.05, 0.1) is 10.9 Å². The number of rotatable bonds is 5. The van der Waals surface area contributed by atoms with Crippen LogP contribution in [0, 0.1) is 5.82 Å². The quantitative estimate of drug-likeness (QED) is 0.359. The monoisotopic (exact) mass is 420 g/mol. The van der Waals surface area contributed by atoms with Gasteiger partial charge in [0, 0.05) is 23.5 Å². The molecule has 0 saturated carbocycles. The fourth-order valence-electron chi connectivity index (χ4n) is 3.35. The van der Waals surface area contributed by atoms with Gasteiger partial charge in [-0.2, -0.15) is 10.1 Å². The third-order valence-corrected chi connectivity index (χ3v) is 4.78. The predicted octanol–water partition coefficient (Wildman–Crippen LogP) is 5.82. The van der Waals surface area contributed by atoms with Crippen LogP contribution in [0.15, 0.2) is 77.5 Å². The van der Waals surface area contributed by atoms with Gasteiger partial charge >= 0.3 is 0 Å². The molecule has 31 heavy (non-hydrogen) atoms. The van der Waals surface area contributed by atoms with Gasteiger partial charge in [0.2, 0.25) is 5.71 Å². The SMILES string of the molecule is Fc1ccc(-c2nn(CC(F)F)cc2-c2ncc3cc(-c4ccccc4)oc3n2)cc1. The molecule has 0 spiro atoms. The number of aromatic nitrogens is 4. The van der Waals surface area contributed by atoms with E-state index in [0.29, 0.717) is 33.7 Å². The lowest BCUT2D eigenvalue weighted by Gasteiger charge is -2.01. The van der Waals surface area contributed by atoms with Crippen molar-refractivity contribution in [1.29, 1.82) is 0 Å². The number of alkyl halides is 2. The maximum absolute atomic E-state index is 13.4. The molecule has 0 aliphatic heterocycles. The fraction of sp³-hybridized carbons (Fsp3) is 0.0870. The van der Waals surface area contributed by atoms with Crippen molar-refractivity contribution in [3.05, 3.63) is 78.9 Å². The van der Waals surface area contributed by atoms with Crippen LogP contribution in [0.3, 0.4) is 0 Å². The van der Waals surface area contributed by atoms with E-state index in [2.05, 4.69) is 15.1 Å². The van der Waals surface area contributed by atoms with Crippen LogP contribution >= 0.6 is 0 Å². The minimum atomic E-state index is -2.57. The number of hydrogen-bond donors (Lipinski definition) is 0. The van der Waals surface area contributed by atoms with Crippen LogP contribution in [0.1, 0.15) is 0 Å². The third-order valence-electron chi connectivity index (χ3n) is 4.78. The van der Waals surface area contributed by atoms with Gasteiger partial charge in [-0.05, 0) is 30.3 Å². The molecule has 0 aliphatic carbocycles. The lowest BCUT2D eigenvalue weighted by molar-refractivity contribution is 0.122. The molecule has 0 bridgehead atoms. The second kappa shape index (κ2) is 7.71. The van der Waals surface area contributed by atoms with Gasteiger partial charge < -0.3 is 4.42 Å². The minimum Gasteiger partial charge on any atom is -0.438 e. The molecule has 0 N–H and O–H groups in total. The Labute approximate surface area is 174 Å². The Hall–Kier alpha value is -3.94. The van der Waals surface area contributed by atoms with E-state index < -0.39 is 18.8 Å². The zero-order valence-electron chi connectivity index (χ0n) is 16.0. The highest BCUT2D eigenvalue weighted by Gasteiger charge is 2.19. The largest absolute Gasteiger partial charge is 0.438 e. The zero-order chi connectivity index (χ0) is 21.4. The number of benzene rings is 2. The van der Waals surface area contributed by atoms with Crippen molar-refractivity contribution in [2.24, 2.45) is 0 Å². The Bertz CT molecular complexity index is 1340. The summed E-state index contributed by atoms with van der Waals surface area (Å²) in [6.07, 6.45) is 0.509. The molecule has 0 saturated heterocycles. The molecule has 0 radical (unpaired) electrons. The van der Waals surface area contributed by atoms with E-state index in [0.717, 1.165) is 10.2 Å². The summed E-state index contributed by atoms with van der Waals surface area (Å²) in [6.45, 7) is -0.574. The molecule has 0 atom stereocenters. The smallest absolute Gasteiger partial charge is 0.257 e. The lowest BCUT2D eigenvalue weighted by atomic mass is 10.1. The first-order valence-corrected chi connectivity index (χ1v) is 9.51. The summed E-state index contributed by atoms with van der Waals surface area (Å²) in [5, 5.41) is 4.98. The lowest BCUT2D eigenvalue weighted by Crippen LogP contribution is -2.06. The van der Waals surface area contributed by atoms with Crippen molar-refractivity contribution >= 4 is 11.1 Å². The maximum atomic E-state index is 13.4. The Morgan fingerprint density at radius 3 is 2.48 bits per heavy atom. The molecule has 0 fully saturated rings. The first-order valence-electron chi connectivity index (χ1n) is 9.51. The van der Waals surface area contributed by atoms with E-state index >= 15 is 0 Å². The molecule has 3 aromatic heterocycles. The van der Waals surface area contributed by atoms with E-state index in [4.69, 9.17) is 4.42 Å². The summed E-state index contributed by atoms with van der Waals surface area (Å²) in [7, 11) is 0. The van der Waals surface area contributed by atoms with Crippen molar-refractivity contribution in [3.63, 3.8) is 0 Å². The van der Waals surface area contributed by atoms with Gasteiger partial charge in [-0.15, -0.1) is 0 Å². The molecule has 154 valence electrons. The Morgan fingerprint density at radius 2 is 1.74 bits per heavy atom. The van der Waals surface area contributed by atoms with E-state index in [1.54, 1.807) is 6.20 Å². The molecule has 0 unspecified atom stereocenters. The fourth-order valence-corrected chi connectivity index (χ4v) is 3.35. The maximum Gasteiger partial charge on any atom is 0.257 e.